The molecule has 0 spiro atoms. The van der Waals surface area contributed by atoms with Crippen LogP contribution < -0.4 is 5.73 Å². The normalized spacial score (nSPS) is 18.8. The number of hydrogen-bond acceptors (Lipinski definition) is 4. The highest BCUT2D eigenvalue weighted by Gasteiger charge is 2.37. The van der Waals surface area contributed by atoms with Crippen LogP contribution in [0.3, 0.4) is 0 Å². The largest absolute Gasteiger partial charge is 0.382 e. The Bertz CT molecular complexity index is 948. The maximum Gasteiger partial charge on any atom is 0.153 e. The Morgan fingerprint density at radius 1 is 1.12 bits per heavy atom. The highest BCUT2D eigenvalue weighted by Crippen LogP contribution is 2.42. The first-order chi connectivity index (χ1) is 12.7. The zero-order chi connectivity index (χ0) is 18.0. The second-order valence-corrected chi connectivity index (χ2v) is 6.26. The van der Waals surface area contributed by atoms with Crippen molar-refractivity contribution in [3.8, 4) is 0 Å². The summed E-state index contributed by atoms with van der Waals surface area (Å²) in [6.07, 6.45) is 12.3. The first-order valence-corrected chi connectivity index (χ1v) is 8.39. The SMILES string of the molecule is Nc1nn(C=CC=O)c2c1C=CC(c1ccccc1)(c1cccnc1)C2. The number of nitrogen functional groups attached to an aromatic ring is 1. The van der Waals surface area contributed by atoms with Crippen molar-refractivity contribution >= 4 is 24.4 Å². The smallest absolute Gasteiger partial charge is 0.153 e. The van der Waals surface area contributed by atoms with E-state index in [4.69, 9.17) is 5.73 Å². The predicted octanol–water partition coefficient (Wildman–Crippen LogP) is 3.09. The number of nitrogens with two attached hydrogens (primary N) is 1. The fourth-order valence-electron chi connectivity index (χ4n) is 3.57. The van der Waals surface area contributed by atoms with Gasteiger partial charge >= 0.3 is 0 Å². The van der Waals surface area contributed by atoms with Crippen LogP contribution in [0.4, 0.5) is 5.82 Å². The first-order valence-electron chi connectivity index (χ1n) is 8.39. The monoisotopic (exact) mass is 342 g/mol. The van der Waals surface area contributed by atoms with Gasteiger partial charge < -0.3 is 5.73 Å². The number of benzene rings is 1. The van der Waals surface area contributed by atoms with E-state index >= 15 is 0 Å². The van der Waals surface area contributed by atoms with E-state index in [-0.39, 0.29) is 5.41 Å². The minimum Gasteiger partial charge on any atom is -0.382 e. The Hall–Kier alpha value is -3.47. The summed E-state index contributed by atoms with van der Waals surface area (Å²) in [6, 6.07) is 14.3. The number of pyridine rings is 1. The van der Waals surface area contributed by atoms with Crippen LogP contribution in [0.5, 0.6) is 0 Å². The average Bonchev–Trinajstić information content (AvgIpc) is 3.02. The number of aldehydes is 1. The number of aromatic nitrogens is 3. The molecule has 128 valence electrons. The van der Waals surface area contributed by atoms with E-state index in [0.29, 0.717) is 12.2 Å². The van der Waals surface area contributed by atoms with E-state index in [0.717, 1.165) is 23.1 Å². The second-order valence-electron chi connectivity index (χ2n) is 6.26. The van der Waals surface area contributed by atoms with Gasteiger partial charge in [-0.3, -0.25) is 9.78 Å². The molecule has 3 aromatic rings. The standard InChI is InChI=1S/C21H18N4O/c22-20-18-9-10-21(16-6-2-1-3-7-16,17-8-4-11-23-15-17)14-19(18)25(24-20)12-5-13-26/h1-13,15H,14H2,(H2,22,24). The van der Waals surface area contributed by atoms with E-state index in [1.165, 1.54) is 11.6 Å². The molecule has 1 aromatic carbocycles. The summed E-state index contributed by atoms with van der Waals surface area (Å²) in [6.45, 7) is 0. The fraction of sp³-hybridized carbons (Fsp3) is 0.0952. The molecular formula is C21H18N4O. The van der Waals surface area contributed by atoms with Gasteiger partial charge in [-0.1, -0.05) is 48.6 Å². The summed E-state index contributed by atoms with van der Waals surface area (Å²) in [7, 11) is 0. The highest BCUT2D eigenvalue weighted by atomic mass is 16.1. The molecule has 0 amide bonds. The van der Waals surface area contributed by atoms with Crippen LogP contribution in [-0.4, -0.2) is 21.1 Å². The predicted molar refractivity (Wildman–Crippen MR) is 102 cm³/mol. The van der Waals surface area contributed by atoms with Gasteiger partial charge in [0, 0.05) is 36.0 Å². The molecule has 1 aliphatic rings. The summed E-state index contributed by atoms with van der Waals surface area (Å²) >= 11 is 0. The van der Waals surface area contributed by atoms with Crippen LogP contribution in [0.2, 0.25) is 0 Å². The summed E-state index contributed by atoms with van der Waals surface area (Å²) in [5.74, 6) is 0.458. The third kappa shape index (κ3) is 2.54. The number of allylic oxidation sites excluding steroid dienone is 2. The Labute approximate surface area is 151 Å². The Kier molecular flexibility index (Phi) is 3.97. The molecule has 5 heteroatoms. The van der Waals surface area contributed by atoms with Gasteiger partial charge in [-0.15, -0.1) is 0 Å². The lowest BCUT2D eigenvalue weighted by Crippen LogP contribution is -2.31. The molecule has 26 heavy (non-hydrogen) atoms. The Balaban J connectivity index is 1.92. The first kappa shape index (κ1) is 16.0. The maximum atomic E-state index is 10.7. The molecule has 0 saturated heterocycles. The summed E-state index contributed by atoms with van der Waals surface area (Å²) in [4.78, 5) is 15.1. The minimum absolute atomic E-state index is 0.373. The van der Waals surface area contributed by atoms with E-state index in [2.05, 4.69) is 34.4 Å². The molecule has 0 fully saturated rings. The molecule has 2 aromatic heterocycles. The lowest BCUT2D eigenvalue weighted by Gasteiger charge is -2.34. The van der Waals surface area contributed by atoms with Gasteiger partial charge in [-0.2, -0.15) is 5.10 Å². The summed E-state index contributed by atoms with van der Waals surface area (Å²) < 4.78 is 1.69. The molecule has 2 N–H and O–H groups in total. The Morgan fingerprint density at radius 2 is 1.92 bits per heavy atom. The number of anilines is 1. The number of hydrogen-bond donors (Lipinski definition) is 1. The van der Waals surface area contributed by atoms with Crippen molar-refractivity contribution in [2.24, 2.45) is 0 Å². The molecule has 2 heterocycles. The van der Waals surface area contributed by atoms with Gasteiger partial charge in [0.2, 0.25) is 0 Å². The molecule has 4 rings (SSSR count). The molecular weight excluding hydrogens is 324 g/mol. The number of carbonyl (C=O) groups is 1. The lowest BCUT2D eigenvalue weighted by atomic mass is 9.69. The molecule has 0 radical (unpaired) electrons. The quantitative estimate of drug-likeness (QED) is 0.584. The maximum absolute atomic E-state index is 10.7. The van der Waals surface area contributed by atoms with Crippen LogP contribution in [0, 0.1) is 0 Å². The molecule has 1 atom stereocenters. The van der Waals surface area contributed by atoms with Crippen molar-refractivity contribution in [2.45, 2.75) is 11.8 Å². The molecule has 0 saturated carbocycles. The van der Waals surface area contributed by atoms with E-state index in [1.807, 2.05) is 36.5 Å². The number of fused-ring (bicyclic) bond motifs is 1. The summed E-state index contributed by atoms with van der Waals surface area (Å²) in [5.41, 5.74) is 9.84. The van der Waals surface area contributed by atoms with Gasteiger partial charge in [0.25, 0.3) is 0 Å². The van der Waals surface area contributed by atoms with Gasteiger partial charge in [-0.05, 0) is 23.3 Å². The number of carbonyl (C=O) groups excluding carboxylic acids is 1. The van der Waals surface area contributed by atoms with Gasteiger partial charge in [-0.25, -0.2) is 4.68 Å². The zero-order valence-corrected chi connectivity index (χ0v) is 14.1. The van der Waals surface area contributed by atoms with Crippen molar-refractivity contribution in [1.82, 2.24) is 14.8 Å². The van der Waals surface area contributed by atoms with Crippen LogP contribution in [-0.2, 0) is 16.6 Å². The molecule has 0 aliphatic heterocycles. The minimum atomic E-state index is -0.373. The molecule has 1 unspecified atom stereocenters. The fourth-order valence-corrected chi connectivity index (χ4v) is 3.57. The van der Waals surface area contributed by atoms with Crippen LogP contribution in [0.25, 0.3) is 12.3 Å². The van der Waals surface area contributed by atoms with Crippen molar-refractivity contribution in [1.29, 1.82) is 0 Å². The van der Waals surface area contributed by atoms with Crippen LogP contribution in [0.15, 0.2) is 67.0 Å². The van der Waals surface area contributed by atoms with Gasteiger partial charge in [0.05, 0.1) is 5.69 Å². The molecule has 0 bridgehead atoms. The van der Waals surface area contributed by atoms with E-state index < -0.39 is 0 Å². The van der Waals surface area contributed by atoms with E-state index in [9.17, 15) is 4.79 Å². The van der Waals surface area contributed by atoms with Crippen LogP contribution >= 0.6 is 0 Å². The third-order valence-corrected chi connectivity index (χ3v) is 4.83. The van der Waals surface area contributed by atoms with Crippen molar-refractivity contribution in [2.75, 3.05) is 5.73 Å². The lowest BCUT2D eigenvalue weighted by molar-refractivity contribution is -0.104. The van der Waals surface area contributed by atoms with Gasteiger partial charge in [0.1, 0.15) is 6.29 Å². The number of rotatable bonds is 4. The van der Waals surface area contributed by atoms with Gasteiger partial charge in [0.15, 0.2) is 5.82 Å². The van der Waals surface area contributed by atoms with Crippen molar-refractivity contribution in [3.63, 3.8) is 0 Å². The number of nitrogens with zero attached hydrogens (tertiary/aromatic N) is 3. The topological polar surface area (TPSA) is 73.8 Å². The van der Waals surface area contributed by atoms with Crippen molar-refractivity contribution < 1.29 is 4.79 Å². The Morgan fingerprint density at radius 3 is 2.65 bits per heavy atom. The molecule has 1 aliphatic carbocycles. The zero-order valence-electron chi connectivity index (χ0n) is 14.1. The average molecular weight is 342 g/mol. The third-order valence-electron chi connectivity index (χ3n) is 4.83. The van der Waals surface area contributed by atoms with Crippen molar-refractivity contribution in [3.05, 3.63) is 89.4 Å². The van der Waals surface area contributed by atoms with E-state index in [1.54, 1.807) is 17.1 Å². The van der Waals surface area contributed by atoms with Crippen LogP contribution in [0.1, 0.15) is 22.4 Å². The second kappa shape index (κ2) is 6.44. The highest BCUT2D eigenvalue weighted by molar-refractivity contribution is 5.73. The summed E-state index contributed by atoms with van der Waals surface area (Å²) in [5, 5.41) is 4.36. The molecule has 5 nitrogen and oxygen atoms in total.